The number of amides is 6. The summed E-state index contributed by atoms with van der Waals surface area (Å²) >= 11 is 0. The molecular formula is C51H57N7O7. The molecule has 14 nitrogen and oxygen atoms in total. The fourth-order valence-corrected chi connectivity index (χ4v) is 8.25. The Morgan fingerprint density at radius 3 is 2.35 bits per heavy atom. The van der Waals surface area contributed by atoms with Gasteiger partial charge in [0.05, 0.1) is 25.0 Å². The number of terminal acetylenes is 1. The van der Waals surface area contributed by atoms with Gasteiger partial charge in [0, 0.05) is 63.4 Å². The second-order valence-corrected chi connectivity index (χ2v) is 16.3. The van der Waals surface area contributed by atoms with Crippen molar-refractivity contribution in [3.05, 3.63) is 143 Å². The summed E-state index contributed by atoms with van der Waals surface area (Å²) in [6.07, 6.45) is 9.43. The normalized spacial score (nSPS) is 20.6. The molecule has 338 valence electrons. The molecular weight excluding hydrogens is 823 g/mol. The van der Waals surface area contributed by atoms with Crippen LogP contribution in [0.25, 0.3) is 11.1 Å². The first-order valence-corrected chi connectivity index (χ1v) is 22.0. The van der Waals surface area contributed by atoms with Crippen molar-refractivity contribution in [1.29, 1.82) is 0 Å². The highest BCUT2D eigenvalue weighted by atomic mass is 16.5. The predicted molar refractivity (Wildman–Crippen MR) is 247 cm³/mol. The smallest absolute Gasteiger partial charge is 0.246 e. The van der Waals surface area contributed by atoms with Crippen LogP contribution >= 0.6 is 0 Å². The Balaban J connectivity index is 1.31. The summed E-state index contributed by atoms with van der Waals surface area (Å²) in [5.41, 5.74) is 9.89. The Labute approximate surface area is 380 Å². The molecule has 14 heteroatoms. The summed E-state index contributed by atoms with van der Waals surface area (Å²) in [6.45, 7) is 1.54. The molecule has 0 radical (unpaired) electrons. The maximum atomic E-state index is 14.9. The summed E-state index contributed by atoms with van der Waals surface area (Å²) in [6, 6.07) is 30.0. The van der Waals surface area contributed by atoms with Crippen LogP contribution in [0, 0.1) is 17.8 Å². The van der Waals surface area contributed by atoms with E-state index in [1.807, 2.05) is 78.9 Å². The van der Waals surface area contributed by atoms with E-state index in [9.17, 15) is 28.8 Å². The molecule has 0 aromatic heterocycles. The lowest BCUT2D eigenvalue weighted by atomic mass is 9.74. The summed E-state index contributed by atoms with van der Waals surface area (Å²) < 4.78 is 5.37. The van der Waals surface area contributed by atoms with Gasteiger partial charge >= 0.3 is 0 Å². The first kappa shape index (κ1) is 47.4. The standard InChI is InChI=1S/C51H57N7O7/c1-2-38-13-8-9-16-42(38)39-19-17-36(18-20-39)31-44-49(63)55-34-41-15-7-6-14-40(41)32-46(60)56-43(48(62)54-27-30-65-29-25-52)23-26-53-45(59)21-22-47(61)58-28-10-24-51(35-58,50(64)57-44)33-37-11-4-3-5-12-37/h1,3-9,11-22,43-44H,10,23-35,52H2,(H,53,59)(H,54,62)(H,55,63)(H,56,60)(H,57,64)/b22-21+/t43-,44-,51-/m0/s1. The van der Waals surface area contributed by atoms with Gasteiger partial charge in [0.15, 0.2) is 0 Å². The number of benzene rings is 4. The molecule has 3 atom stereocenters. The Kier molecular flexibility index (Phi) is 17.2. The molecule has 0 spiro atoms. The van der Waals surface area contributed by atoms with Gasteiger partial charge in [-0.2, -0.15) is 0 Å². The van der Waals surface area contributed by atoms with Gasteiger partial charge in [0.1, 0.15) is 12.1 Å². The largest absolute Gasteiger partial charge is 0.378 e. The highest BCUT2D eigenvalue weighted by Crippen LogP contribution is 2.35. The van der Waals surface area contributed by atoms with Crippen molar-refractivity contribution in [2.45, 2.75) is 57.2 Å². The van der Waals surface area contributed by atoms with Crippen molar-refractivity contribution >= 4 is 35.4 Å². The van der Waals surface area contributed by atoms with Crippen LogP contribution in [-0.4, -0.2) is 98.4 Å². The van der Waals surface area contributed by atoms with Crippen LogP contribution in [0.1, 0.15) is 47.1 Å². The molecule has 4 aromatic carbocycles. The first-order valence-electron chi connectivity index (χ1n) is 22.0. The predicted octanol–water partition coefficient (Wildman–Crippen LogP) is 2.73. The summed E-state index contributed by atoms with van der Waals surface area (Å²) in [5.74, 6) is -0.0217. The number of nitrogens with zero attached hydrogens (tertiary/aromatic N) is 1. The summed E-state index contributed by atoms with van der Waals surface area (Å²) in [7, 11) is 0. The van der Waals surface area contributed by atoms with Crippen molar-refractivity contribution in [1.82, 2.24) is 31.5 Å². The lowest BCUT2D eigenvalue weighted by molar-refractivity contribution is -0.141. The van der Waals surface area contributed by atoms with E-state index in [1.165, 1.54) is 6.08 Å². The molecule has 7 N–H and O–H groups in total. The fraction of sp³-hybridized carbons (Fsp3) is 0.333. The molecule has 1 fully saturated rings. The number of hydrogen-bond acceptors (Lipinski definition) is 8. The molecule has 2 aliphatic heterocycles. The number of piperidine rings is 1. The molecule has 6 rings (SSSR count). The van der Waals surface area contributed by atoms with Gasteiger partial charge in [-0.25, -0.2) is 0 Å². The number of carbonyl (C=O) groups is 6. The molecule has 6 amide bonds. The topological polar surface area (TPSA) is 201 Å². The van der Waals surface area contributed by atoms with Crippen molar-refractivity contribution in [3.63, 3.8) is 0 Å². The van der Waals surface area contributed by atoms with Gasteiger partial charge in [0.25, 0.3) is 0 Å². The van der Waals surface area contributed by atoms with E-state index in [1.54, 1.807) is 29.2 Å². The minimum Gasteiger partial charge on any atom is -0.378 e. The second-order valence-electron chi connectivity index (χ2n) is 16.3. The van der Waals surface area contributed by atoms with Crippen LogP contribution in [-0.2, 0) is 59.3 Å². The Morgan fingerprint density at radius 2 is 1.58 bits per heavy atom. The second kappa shape index (κ2) is 23.6. The SMILES string of the molecule is C#Cc1ccccc1-c1ccc(C[C@@H]2NC(=O)[C@]3(Cc4ccccc4)CCCN(C3)C(=O)/C=C/C(=O)NCC[C@@H](C(=O)NCCOCCN)NC(=O)Cc3ccccc3CNC2=O)cc1. The van der Waals surface area contributed by atoms with Crippen LogP contribution in [0.2, 0.25) is 0 Å². The monoisotopic (exact) mass is 879 g/mol. The zero-order chi connectivity index (χ0) is 46.0. The van der Waals surface area contributed by atoms with Gasteiger partial charge in [-0.15, -0.1) is 6.42 Å². The summed E-state index contributed by atoms with van der Waals surface area (Å²) in [4.78, 5) is 84.5. The van der Waals surface area contributed by atoms with E-state index in [2.05, 4.69) is 32.5 Å². The minimum atomic E-state index is -1.12. The zero-order valence-corrected chi connectivity index (χ0v) is 36.5. The van der Waals surface area contributed by atoms with Crippen molar-refractivity contribution in [2.75, 3.05) is 45.9 Å². The Bertz CT molecular complexity index is 2380. The van der Waals surface area contributed by atoms with E-state index in [4.69, 9.17) is 16.9 Å². The number of nitrogens with one attached hydrogen (secondary N) is 5. The van der Waals surface area contributed by atoms with Crippen molar-refractivity contribution in [3.8, 4) is 23.5 Å². The molecule has 65 heavy (non-hydrogen) atoms. The van der Waals surface area contributed by atoms with E-state index < -0.39 is 47.0 Å². The zero-order valence-electron chi connectivity index (χ0n) is 36.5. The van der Waals surface area contributed by atoms with Crippen LogP contribution in [0.5, 0.6) is 0 Å². The fourth-order valence-electron chi connectivity index (χ4n) is 8.25. The molecule has 4 aromatic rings. The Morgan fingerprint density at radius 1 is 0.846 bits per heavy atom. The van der Waals surface area contributed by atoms with Gasteiger partial charge < -0.3 is 42.0 Å². The molecule has 2 bridgehead atoms. The van der Waals surface area contributed by atoms with Crippen LogP contribution in [0.3, 0.4) is 0 Å². The van der Waals surface area contributed by atoms with E-state index >= 15 is 0 Å². The highest BCUT2D eigenvalue weighted by Gasteiger charge is 2.44. The maximum absolute atomic E-state index is 14.9. The van der Waals surface area contributed by atoms with E-state index in [0.29, 0.717) is 50.1 Å². The molecule has 0 saturated carbocycles. The number of ether oxygens (including phenoxy) is 1. The van der Waals surface area contributed by atoms with Gasteiger partial charge in [-0.1, -0.05) is 103 Å². The van der Waals surface area contributed by atoms with Crippen LogP contribution in [0.15, 0.2) is 115 Å². The average molecular weight is 880 g/mol. The Hall–Kier alpha value is -7.08. The number of nitrogens with two attached hydrogens (primary N) is 1. The quantitative estimate of drug-likeness (QED) is 0.0976. The first-order chi connectivity index (χ1) is 31.6. The van der Waals surface area contributed by atoms with Crippen LogP contribution in [0.4, 0.5) is 0 Å². The van der Waals surface area contributed by atoms with Gasteiger partial charge in [-0.3, -0.25) is 28.8 Å². The third-order valence-electron chi connectivity index (χ3n) is 11.7. The van der Waals surface area contributed by atoms with Gasteiger partial charge in [0.2, 0.25) is 35.4 Å². The third kappa shape index (κ3) is 13.5. The lowest BCUT2D eigenvalue weighted by Crippen LogP contribution is -2.58. The third-order valence-corrected chi connectivity index (χ3v) is 11.7. The average Bonchev–Trinajstić information content (AvgIpc) is 3.32. The van der Waals surface area contributed by atoms with E-state index in [0.717, 1.165) is 33.9 Å². The summed E-state index contributed by atoms with van der Waals surface area (Å²) in [5, 5.41) is 14.4. The number of fused-ring (bicyclic) bond motifs is 3. The molecule has 2 heterocycles. The molecule has 1 saturated heterocycles. The number of rotatable bonds is 11. The van der Waals surface area contributed by atoms with E-state index in [-0.39, 0.29) is 58.0 Å². The maximum Gasteiger partial charge on any atom is 0.246 e. The van der Waals surface area contributed by atoms with Crippen molar-refractivity contribution < 1.29 is 33.5 Å². The molecule has 0 aliphatic carbocycles. The van der Waals surface area contributed by atoms with Crippen molar-refractivity contribution in [2.24, 2.45) is 11.1 Å². The molecule has 0 unspecified atom stereocenters. The lowest BCUT2D eigenvalue weighted by Gasteiger charge is -2.42. The highest BCUT2D eigenvalue weighted by molar-refractivity contribution is 5.97. The minimum absolute atomic E-state index is 0.0110. The molecule has 2 aliphatic rings. The number of carbonyl (C=O) groups excluding carboxylic acids is 6. The van der Waals surface area contributed by atoms with Crippen LogP contribution < -0.4 is 32.3 Å². The number of hydrogen-bond donors (Lipinski definition) is 6. The van der Waals surface area contributed by atoms with Gasteiger partial charge in [-0.05, 0) is 65.1 Å².